The molecule has 0 heterocycles. The van der Waals surface area contributed by atoms with Crippen molar-refractivity contribution in [1.29, 1.82) is 0 Å². The van der Waals surface area contributed by atoms with E-state index in [9.17, 15) is 18.0 Å². The summed E-state index contributed by atoms with van der Waals surface area (Å²) in [6.07, 6.45) is -4.21. The molecule has 0 radical (unpaired) electrons. The third kappa shape index (κ3) is 4.73. The summed E-state index contributed by atoms with van der Waals surface area (Å²) in [5, 5.41) is 0. The lowest BCUT2D eigenvalue weighted by molar-refractivity contribution is -0.142. The van der Waals surface area contributed by atoms with Gasteiger partial charge in [-0.2, -0.15) is 13.2 Å². The molecule has 0 saturated heterocycles. The van der Waals surface area contributed by atoms with Gasteiger partial charge in [-0.1, -0.05) is 18.2 Å². The molecule has 0 spiro atoms. The number of alkyl halides is 3. The van der Waals surface area contributed by atoms with E-state index < -0.39 is 23.8 Å². The SMILES string of the molecule is COC(=O)C(N)Cc1cccc(Oc2cccc(C(F)(F)F)c2)c1. The molecule has 1 unspecified atom stereocenters. The van der Waals surface area contributed by atoms with Crippen LogP contribution in [0.3, 0.4) is 0 Å². The highest BCUT2D eigenvalue weighted by atomic mass is 19.4. The van der Waals surface area contributed by atoms with Gasteiger partial charge in [0.05, 0.1) is 12.7 Å². The van der Waals surface area contributed by atoms with Crippen LogP contribution in [0.4, 0.5) is 13.2 Å². The largest absolute Gasteiger partial charge is 0.468 e. The van der Waals surface area contributed by atoms with Gasteiger partial charge in [0, 0.05) is 0 Å². The molecule has 1 atom stereocenters. The molecule has 0 aliphatic rings. The second-order valence-electron chi connectivity index (χ2n) is 5.11. The first kappa shape index (κ1) is 17.8. The number of nitrogens with two attached hydrogens (primary N) is 1. The summed E-state index contributed by atoms with van der Waals surface area (Å²) in [4.78, 5) is 11.3. The van der Waals surface area contributed by atoms with Gasteiger partial charge in [-0.25, -0.2) is 0 Å². The number of methoxy groups -OCH3 is 1. The van der Waals surface area contributed by atoms with E-state index in [0.29, 0.717) is 11.3 Å². The summed E-state index contributed by atoms with van der Waals surface area (Å²) in [5.74, 6) is -0.123. The number of carbonyl (C=O) groups is 1. The van der Waals surface area contributed by atoms with Crippen molar-refractivity contribution in [2.75, 3.05) is 7.11 Å². The normalized spacial score (nSPS) is 12.5. The summed E-state index contributed by atoms with van der Waals surface area (Å²) < 4.78 is 48.2. The maximum absolute atomic E-state index is 12.7. The molecule has 7 heteroatoms. The Morgan fingerprint density at radius 2 is 1.75 bits per heavy atom. The van der Waals surface area contributed by atoms with Crippen molar-refractivity contribution in [3.8, 4) is 11.5 Å². The number of esters is 1. The lowest BCUT2D eigenvalue weighted by Gasteiger charge is -2.12. The fourth-order valence-corrected chi connectivity index (χ4v) is 2.10. The zero-order valence-corrected chi connectivity index (χ0v) is 12.8. The predicted molar refractivity (Wildman–Crippen MR) is 81.7 cm³/mol. The van der Waals surface area contributed by atoms with Crippen LogP contribution in [0.1, 0.15) is 11.1 Å². The quantitative estimate of drug-likeness (QED) is 0.847. The molecule has 2 aromatic carbocycles. The van der Waals surface area contributed by atoms with Gasteiger partial charge in [-0.05, 0) is 42.3 Å². The van der Waals surface area contributed by atoms with Crippen LogP contribution in [0, 0.1) is 0 Å². The first-order valence-electron chi connectivity index (χ1n) is 7.07. The fraction of sp³-hybridized carbons (Fsp3) is 0.235. The van der Waals surface area contributed by atoms with Gasteiger partial charge in [-0.3, -0.25) is 4.79 Å². The topological polar surface area (TPSA) is 61.5 Å². The Balaban J connectivity index is 2.14. The average molecular weight is 339 g/mol. The van der Waals surface area contributed by atoms with E-state index >= 15 is 0 Å². The second kappa shape index (κ2) is 7.35. The second-order valence-corrected chi connectivity index (χ2v) is 5.11. The number of ether oxygens (including phenoxy) is 2. The molecule has 0 fully saturated rings. The van der Waals surface area contributed by atoms with Gasteiger partial charge < -0.3 is 15.2 Å². The van der Waals surface area contributed by atoms with Crippen molar-refractivity contribution < 1.29 is 27.4 Å². The number of hydrogen-bond donors (Lipinski definition) is 1. The number of halogens is 3. The monoisotopic (exact) mass is 339 g/mol. The first-order valence-corrected chi connectivity index (χ1v) is 7.07. The van der Waals surface area contributed by atoms with Crippen molar-refractivity contribution in [3.63, 3.8) is 0 Å². The van der Waals surface area contributed by atoms with E-state index in [2.05, 4.69) is 4.74 Å². The summed E-state index contributed by atoms with van der Waals surface area (Å²) in [7, 11) is 1.25. The molecular formula is C17H16F3NO3. The van der Waals surface area contributed by atoms with Gasteiger partial charge in [0.15, 0.2) is 0 Å². The van der Waals surface area contributed by atoms with Crippen LogP contribution >= 0.6 is 0 Å². The molecule has 0 saturated carbocycles. The molecule has 0 aliphatic carbocycles. The smallest absolute Gasteiger partial charge is 0.416 e. The predicted octanol–water partition coefficient (Wildman–Crippen LogP) is 3.54. The molecular weight excluding hydrogens is 323 g/mol. The molecule has 0 aliphatic heterocycles. The third-order valence-corrected chi connectivity index (χ3v) is 3.26. The summed E-state index contributed by atoms with van der Waals surface area (Å²) in [5.41, 5.74) is 5.61. The standard InChI is InChI=1S/C17H16F3NO3/c1-23-16(22)15(21)9-11-4-2-6-13(8-11)24-14-7-3-5-12(10-14)17(18,19)20/h2-8,10,15H,9,21H2,1H3. The van der Waals surface area contributed by atoms with E-state index in [1.54, 1.807) is 24.3 Å². The van der Waals surface area contributed by atoms with Gasteiger partial charge >= 0.3 is 12.1 Å². The van der Waals surface area contributed by atoms with Gasteiger partial charge in [-0.15, -0.1) is 0 Å². The highest BCUT2D eigenvalue weighted by Crippen LogP contribution is 2.32. The van der Waals surface area contributed by atoms with Crippen molar-refractivity contribution in [1.82, 2.24) is 0 Å². The van der Waals surface area contributed by atoms with E-state index in [1.165, 1.54) is 19.2 Å². The fourth-order valence-electron chi connectivity index (χ4n) is 2.10. The Kier molecular flexibility index (Phi) is 5.46. The lowest BCUT2D eigenvalue weighted by Crippen LogP contribution is -2.33. The summed E-state index contributed by atoms with van der Waals surface area (Å²) in [6, 6.07) is 10.4. The van der Waals surface area contributed by atoms with E-state index in [-0.39, 0.29) is 12.2 Å². The molecule has 4 nitrogen and oxygen atoms in total. The minimum Gasteiger partial charge on any atom is -0.468 e. The average Bonchev–Trinajstić information content (AvgIpc) is 2.54. The van der Waals surface area contributed by atoms with E-state index in [0.717, 1.165) is 12.1 Å². The maximum atomic E-state index is 12.7. The van der Waals surface area contributed by atoms with Crippen molar-refractivity contribution in [3.05, 3.63) is 59.7 Å². The Bertz CT molecular complexity index is 716. The van der Waals surface area contributed by atoms with Crippen LogP contribution in [0.2, 0.25) is 0 Å². The maximum Gasteiger partial charge on any atom is 0.416 e. The number of carbonyl (C=O) groups excluding carboxylic acids is 1. The van der Waals surface area contributed by atoms with Crippen molar-refractivity contribution in [2.45, 2.75) is 18.6 Å². The summed E-state index contributed by atoms with van der Waals surface area (Å²) >= 11 is 0. The lowest BCUT2D eigenvalue weighted by atomic mass is 10.1. The van der Waals surface area contributed by atoms with Crippen LogP contribution in [-0.4, -0.2) is 19.1 Å². The Morgan fingerprint density at radius 3 is 2.38 bits per heavy atom. The number of benzene rings is 2. The molecule has 2 N–H and O–H groups in total. The third-order valence-electron chi connectivity index (χ3n) is 3.26. The van der Waals surface area contributed by atoms with Gasteiger partial charge in [0.2, 0.25) is 0 Å². The molecule has 0 bridgehead atoms. The van der Waals surface area contributed by atoms with Crippen LogP contribution in [0.5, 0.6) is 11.5 Å². The molecule has 2 rings (SSSR count). The Hall–Kier alpha value is -2.54. The van der Waals surface area contributed by atoms with Crippen LogP contribution in [-0.2, 0) is 22.1 Å². The zero-order valence-electron chi connectivity index (χ0n) is 12.8. The van der Waals surface area contributed by atoms with E-state index in [1.807, 2.05) is 0 Å². The molecule has 0 aromatic heterocycles. The highest BCUT2D eigenvalue weighted by Gasteiger charge is 2.30. The van der Waals surface area contributed by atoms with E-state index in [4.69, 9.17) is 10.5 Å². The number of rotatable bonds is 5. The van der Waals surface area contributed by atoms with Crippen molar-refractivity contribution in [2.24, 2.45) is 5.73 Å². The summed E-state index contributed by atoms with van der Waals surface area (Å²) in [6.45, 7) is 0. The van der Waals surface area contributed by atoms with Crippen molar-refractivity contribution >= 4 is 5.97 Å². The highest BCUT2D eigenvalue weighted by molar-refractivity contribution is 5.75. The number of hydrogen-bond acceptors (Lipinski definition) is 4. The van der Waals surface area contributed by atoms with Gasteiger partial charge in [0.25, 0.3) is 0 Å². The van der Waals surface area contributed by atoms with Crippen LogP contribution < -0.4 is 10.5 Å². The Labute approximate surface area is 137 Å². The zero-order chi connectivity index (χ0) is 17.7. The van der Waals surface area contributed by atoms with Crippen LogP contribution in [0.15, 0.2) is 48.5 Å². The minimum atomic E-state index is -4.44. The van der Waals surface area contributed by atoms with Crippen LogP contribution in [0.25, 0.3) is 0 Å². The molecule has 24 heavy (non-hydrogen) atoms. The first-order chi connectivity index (χ1) is 11.3. The minimum absolute atomic E-state index is 0.0687. The molecule has 2 aromatic rings. The molecule has 128 valence electrons. The molecule has 0 amide bonds. The van der Waals surface area contributed by atoms with Gasteiger partial charge in [0.1, 0.15) is 17.5 Å². The Morgan fingerprint density at radius 1 is 1.12 bits per heavy atom.